The minimum atomic E-state index is -0.350. The molecule has 0 bridgehead atoms. The van der Waals surface area contributed by atoms with Gasteiger partial charge in [0.05, 0.1) is 13.0 Å². The maximum Gasteiger partial charge on any atom is 0.307 e. The Morgan fingerprint density at radius 2 is 1.91 bits per heavy atom. The Morgan fingerprint density at radius 3 is 2.52 bits per heavy atom. The van der Waals surface area contributed by atoms with Gasteiger partial charge in [-0.2, -0.15) is 0 Å². The van der Waals surface area contributed by atoms with E-state index in [1.807, 2.05) is 0 Å². The van der Waals surface area contributed by atoms with Crippen molar-refractivity contribution in [2.45, 2.75) is 13.3 Å². The highest BCUT2D eigenvalue weighted by Crippen LogP contribution is 2.17. The second-order valence-corrected chi connectivity index (χ2v) is 5.14. The van der Waals surface area contributed by atoms with Crippen molar-refractivity contribution in [3.63, 3.8) is 0 Å². The Labute approximate surface area is 139 Å². The molecule has 1 heterocycles. The summed E-state index contributed by atoms with van der Waals surface area (Å²) in [5.74, 6) is -0.112. The summed E-state index contributed by atoms with van der Waals surface area (Å²) in [6.45, 7) is 2.25. The highest BCUT2D eigenvalue weighted by molar-refractivity contribution is 6.30. The van der Waals surface area contributed by atoms with E-state index in [9.17, 15) is 9.59 Å². The van der Waals surface area contributed by atoms with Crippen LogP contribution in [0.1, 0.15) is 23.7 Å². The molecule has 0 fully saturated rings. The van der Waals surface area contributed by atoms with Gasteiger partial charge in [0, 0.05) is 23.3 Å². The number of esters is 1. The monoisotopic (exact) mass is 332 g/mol. The van der Waals surface area contributed by atoms with Crippen LogP contribution in [0.15, 0.2) is 48.7 Å². The smallest absolute Gasteiger partial charge is 0.307 e. The van der Waals surface area contributed by atoms with E-state index in [4.69, 9.17) is 16.3 Å². The van der Waals surface area contributed by atoms with Gasteiger partial charge in [-0.1, -0.05) is 17.7 Å². The van der Waals surface area contributed by atoms with Crippen molar-refractivity contribution in [1.82, 2.24) is 4.98 Å². The zero-order valence-corrected chi connectivity index (χ0v) is 13.5. The number of aromatic nitrogens is 1. The lowest BCUT2D eigenvalue weighted by Gasteiger charge is -2.21. The third-order valence-electron chi connectivity index (χ3n) is 3.11. The van der Waals surface area contributed by atoms with Gasteiger partial charge < -0.3 is 4.74 Å². The Hall–Kier alpha value is -2.40. The lowest BCUT2D eigenvalue weighted by atomic mass is 10.2. The molecule has 0 unspecified atom stereocenters. The summed E-state index contributed by atoms with van der Waals surface area (Å²) in [5, 5.41) is 0.553. The maximum absolute atomic E-state index is 12.7. The highest BCUT2D eigenvalue weighted by Gasteiger charge is 2.20. The third kappa shape index (κ3) is 4.79. The Kier molecular flexibility index (Phi) is 6.11. The van der Waals surface area contributed by atoms with Gasteiger partial charge in [0.2, 0.25) is 0 Å². The predicted octanol–water partition coefficient (Wildman–Crippen LogP) is 3.34. The first-order valence-corrected chi connectivity index (χ1v) is 7.63. The molecule has 2 rings (SSSR count). The molecule has 0 aliphatic rings. The number of halogens is 1. The van der Waals surface area contributed by atoms with E-state index in [1.54, 1.807) is 55.6 Å². The van der Waals surface area contributed by atoms with Gasteiger partial charge in [0.1, 0.15) is 5.82 Å². The molecule has 0 N–H and O–H groups in total. The molecular weight excluding hydrogens is 316 g/mol. The van der Waals surface area contributed by atoms with Crippen LogP contribution in [0.5, 0.6) is 0 Å². The number of benzene rings is 1. The molecule has 0 saturated carbocycles. The number of carbonyl (C=O) groups is 2. The number of carbonyl (C=O) groups excluding carboxylic acids is 2. The summed E-state index contributed by atoms with van der Waals surface area (Å²) < 4.78 is 4.91. The van der Waals surface area contributed by atoms with E-state index < -0.39 is 0 Å². The summed E-state index contributed by atoms with van der Waals surface area (Å²) >= 11 is 5.85. The molecule has 2 aromatic rings. The molecule has 1 aromatic heterocycles. The number of hydrogen-bond donors (Lipinski definition) is 0. The number of amides is 1. The second-order valence-electron chi connectivity index (χ2n) is 4.71. The highest BCUT2D eigenvalue weighted by atomic mass is 35.5. The first-order valence-electron chi connectivity index (χ1n) is 7.26. The molecule has 23 heavy (non-hydrogen) atoms. The molecule has 120 valence electrons. The normalized spacial score (nSPS) is 10.2. The van der Waals surface area contributed by atoms with Crippen molar-refractivity contribution in [1.29, 1.82) is 0 Å². The molecule has 0 aliphatic heterocycles. The van der Waals surface area contributed by atoms with Gasteiger partial charge in [-0.3, -0.25) is 14.5 Å². The number of nitrogens with zero attached hydrogens (tertiary/aromatic N) is 2. The fraction of sp³-hybridized carbons (Fsp3) is 0.235. The minimum Gasteiger partial charge on any atom is -0.466 e. The maximum atomic E-state index is 12.7. The minimum absolute atomic E-state index is 0.101. The van der Waals surface area contributed by atoms with Gasteiger partial charge >= 0.3 is 5.97 Å². The Balaban J connectivity index is 2.20. The lowest BCUT2D eigenvalue weighted by Crippen LogP contribution is -2.34. The molecule has 1 aromatic carbocycles. The standard InChI is InChI=1S/C17H17ClN2O3/c1-2-23-16(21)10-12-20(15-5-3-4-11-19-15)17(22)13-6-8-14(18)9-7-13/h3-9,11H,2,10,12H2,1H3. The van der Waals surface area contributed by atoms with E-state index in [2.05, 4.69) is 4.98 Å². The van der Waals surface area contributed by atoms with Crippen molar-refractivity contribution < 1.29 is 14.3 Å². The number of rotatable bonds is 6. The van der Waals surface area contributed by atoms with Crippen LogP contribution in [-0.4, -0.2) is 30.0 Å². The van der Waals surface area contributed by atoms with Gasteiger partial charge in [0.15, 0.2) is 0 Å². The van der Waals surface area contributed by atoms with Gasteiger partial charge in [-0.15, -0.1) is 0 Å². The lowest BCUT2D eigenvalue weighted by molar-refractivity contribution is -0.142. The zero-order chi connectivity index (χ0) is 16.7. The van der Waals surface area contributed by atoms with Gasteiger partial charge in [-0.05, 0) is 43.3 Å². The second kappa shape index (κ2) is 8.29. The van der Waals surface area contributed by atoms with E-state index >= 15 is 0 Å². The van der Waals surface area contributed by atoms with Crippen LogP contribution < -0.4 is 4.90 Å². The molecule has 0 saturated heterocycles. The summed E-state index contributed by atoms with van der Waals surface area (Å²) in [6, 6.07) is 11.9. The summed E-state index contributed by atoms with van der Waals surface area (Å²) in [4.78, 5) is 30.0. The molecular formula is C17H17ClN2O3. The number of anilines is 1. The van der Waals surface area contributed by atoms with Crippen LogP contribution in [-0.2, 0) is 9.53 Å². The number of ether oxygens (including phenoxy) is 1. The van der Waals surface area contributed by atoms with Crippen LogP contribution in [0, 0.1) is 0 Å². The van der Waals surface area contributed by atoms with Crippen molar-refractivity contribution in [2.24, 2.45) is 0 Å². The van der Waals surface area contributed by atoms with Crippen molar-refractivity contribution in [3.05, 3.63) is 59.2 Å². The van der Waals surface area contributed by atoms with Gasteiger partial charge in [-0.25, -0.2) is 4.98 Å². The quantitative estimate of drug-likeness (QED) is 0.761. The van der Waals surface area contributed by atoms with Crippen molar-refractivity contribution >= 4 is 29.3 Å². The SMILES string of the molecule is CCOC(=O)CCN(C(=O)c1ccc(Cl)cc1)c1ccccn1. The zero-order valence-electron chi connectivity index (χ0n) is 12.7. The third-order valence-corrected chi connectivity index (χ3v) is 3.36. The summed E-state index contributed by atoms with van der Waals surface area (Å²) in [7, 11) is 0. The van der Waals surface area contributed by atoms with E-state index in [1.165, 1.54) is 4.90 Å². The fourth-order valence-corrected chi connectivity index (χ4v) is 2.14. The van der Waals surface area contributed by atoms with Crippen molar-refractivity contribution in [3.8, 4) is 0 Å². The number of hydrogen-bond acceptors (Lipinski definition) is 4. The summed E-state index contributed by atoms with van der Waals surface area (Å²) in [6.07, 6.45) is 1.70. The molecule has 0 spiro atoms. The topological polar surface area (TPSA) is 59.5 Å². The van der Waals surface area contributed by atoms with E-state index in [0.29, 0.717) is 23.0 Å². The molecule has 5 nitrogen and oxygen atoms in total. The number of pyridine rings is 1. The fourth-order valence-electron chi connectivity index (χ4n) is 2.02. The summed E-state index contributed by atoms with van der Waals surface area (Å²) in [5.41, 5.74) is 0.476. The first-order chi connectivity index (χ1) is 11.1. The van der Waals surface area contributed by atoms with Gasteiger partial charge in [0.25, 0.3) is 5.91 Å². The van der Waals surface area contributed by atoms with Crippen LogP contribution in [0.4, 0.5) is 5.82 Å². The van der Waals surface area contributed by atoms with E-state index in [-0.39, 0.29) is 24.8 Å². The molecule has 0 atom stereocenters. The predicted molar refractivity (Wildman–Crippen MR) is 88.6 cm³/mol. The van der Waals surface area contributed by atoms with Crippen molar-refractivity contribution in [2.75, 3.05) is 18.1 Å². The molecule has 0 aliphatic carbocycles. The van der Waals surface area contributed by atoms with Crippen LogP contribution in [0.25, 0.3) is 0 Å². The average Bonchev–Trinajstić information content (AvgIpc) is 2.57. The Bertz CT molecular complexity index is 659. The van der Waals surface area contributed by atoms with Crippen LogP contribution in [0.2, 0.25) is 5.02 Å². The Morgan fingerprint density at radius 1 is 1.17 bits per heavy atom. The van der Waals surface area contributed by atoms with Crippen LogP contribution >= 0.6 is 11.6 Å². The first kappa shape index (κ1) is 17.0. The molecule has 1 amide bonds. The molecule has 6 heteroatoms. The molecule has 0 radical (unpaired) electrons. The van der Waals surface area contributed by atoms with E-state index in [0.717, 1.165) is 0 Å². The van der Waals surface area contributed by atoms with Crippen LogP contribution in [0.3, 0.4) is 0 Å². The average molecular weight is 333 g/mol. The largest absolute Gasteiger partial charge is 0.466 e.